The van der Waals surface area contributed by atoms with E-state index < -0.39 is 0 Å². The number of carbonyl (C=O) groups excluding carboxylic acids is 4. The van der Waals surface area contributed by atoms with Crippen molar-refractivity contribution in [2.45, 2.75) is 135 Å². The van der Waals surface area contributed by atoms with E-state index >= 15 is 0 Å². The molecule has 0 amide bonds. The zero-order valence-corrected chi connectivity index (χ0v) is 58.2. The molecule has 2 N–H and O–H groups in total. The van der Waals surface area contributed by atoms with Crippen LogP contribution < -0.4 is 10.6 Å². The first-order chi connectivity index (χ1) is 36.0. The predicted octanol–water partition coefficient (Wildman–Crippen LogP) is 13.0. The number of guanidine groups is 2. The zero-order chi connectivity index (χ0) is 57.4. The van der Waals surface area contributed by atoms with Crippen molar-refractivity contribution in [1.29, 1.82) is 0 Å². The summed E-state index contributed by atoms with van der Waals surface area (Å²) in [6, 6.07) is 42.2. The van der Waals surface area contributed by atoms with E-state index in [1.165, 1.54) is 11.1 Å². The van der Waals surface area contributed by atoms with Gasteiger partial charge in [-0.15, -0.1) is 0 Å². The number of benzene rings is 4. The van der Waals surface area contributed by atoms with Crippen LogP contribution in [0.2, 0.25) is 0 Å². The molecule has 2 radical (unpaired) electrons. The molecule has 2 atom stereocenters. The Bertz CT molecular complexity index is 1990. The molecule has 0 fully saturated rings. The van der Waals surface area contributed by atoms with E-state index in [2.05, 4.69) is 185 Å². The third kappa shape index (κ3) is 32.0. The Morgan fingerprint density at radius 1 is 0.487 bits per heavy atom. The molecule has 0 spiro atoms. The van der Waals surface area contributed by atoms with Crippen LogP contribution in [-0.4, -0.2) is 122 Å². The van der Waals surface area contributed by atoms with Gasteiger partial charge in [0.05, 0.1) is 48.7 Å². The van der Waals surface area contributed by atoms with Gasteiger partial charge in [0.25, 0.3) is 0 Å². The van der Waals surface area contributed by atoms with E-state index in [1.54, 1.807) is 0 Å². The molecule has 0 bridgehead atoms. The molecule has 0 saturated heterocycles. The first kappa shape index (κ1) is 90.2. The topological polar surface area (TPSA) is 155 Å². The first-order valence-corrected chi connectivity index (χ1v) is 26.9. The number of aliphatic imine (C=N–C) groups is 2. The zero-order valence-electron chi connectivity index (χ0n) is 52.6. The van der Waals surface area contributed by atoms with E-state index in [4.69, 9.17) is 39.4 Å². The Hall–Kier alpha value is -4.35. The number of hydrogen-bond acceptors (Lipinski definition) is 10. The van der Waals surface area contributed by atoms with Crippen molar-refractivity contribution in [3.8, 4) is 0 Å². The van der Waals surface area contributed by atoms with Gasteiger partial charge >= 0.3 is 12.3 Å². The van der Waals surface area contributed by atoms with Gasteiger partial charge in [0.1, 0.15) is 0 Å². The van der Waals surface area contributed by atoms with Crippen molar-refractivity contribution < 1.29 is 84.6 Å². The van der Waals surface area contributed by atoms with Gasteiger partial charge in [-0.3, -0.25) is 9.80 Å². The maximum Gasteiger partial charge on any atom is 0.373 e. The Balaban J connectivity index is -0.000000155. The van der Waals surface area contributed by atoms with Crippen molar-refractivity contribution in [2.24, 2.45) is 20.2 Å². The van der Waals surface area contributed by atoms with E-state index in [0.717, 1.165) is 73.7 Å². The Kier molecular flexibility index (Phi) is 68.0. The summed E-state index contributed by atoms with van der Waals surface area (Å²) in [6.45, 7) is 43.3. The minimum atomic E-state index is -0.213. The van der Waals surface area contributed by atoms with Gasteiger partial charge < -0.3 is 25.5 Å². The van der Waals surface area contributed by atoms with Crippen LogP contribution in [0.25, 0.3) is 0 Å². The normalized spacial score (nSPS) is 14.9. The van der Waals surface area contributed by atoms with Gasteiger partial charge in [-0.25, -0.2) is 20.0 Å². The van der Waals surface area contributed by atoms with Gasteiger partial charge in [0.15, 0.2) is 0 Å². The molecule has 0 unspecified atom stereocenters. The molecule has 78 heavy (non-hydrogen) atoms. The molecule has 0 aliphatic carbocycles. The Morgan fingerprint density at radius 2 is 0.718 bits per heavy atom. The van der Waals surface area contributed by atoms with Crippen LogP contribution in [0.15, 0.2) is 142 Å². The summed E-state index contributed by atoms with van der Waals surface area (Å²) in [5.74, 6) is 1.66. The second-order valence-electron chi connectivity index (χ2n) is 15.0. The SMILES string of the molecule is CC.CC.CC.CC.CC.CC.CCNC(=NCN(C)CC)N1C[C@@](C)(c2ccccc2)C(c2ccccc2)=N1.CCNC(=NCN(C)CC)N1C[C@](C)(c2ccccc2)C(c2ccccc2)=N1.O=C=O.O=C=O.[CH3-].[CH3-].[Y].[Y]. The maximum absolute atomic E-state index is 8.12. The fourth-order valence-electron chi connectivity index (χ4n) is 6.89. The first-order valence-electron chi connectivity index (χ1n) is 26.9. The number of nitrogens with zero attached hydrogens (tertiary/aromatic N) is 8. The minimum absolute atomic E-state index is 0. The molecule has 4 aromatic carbocycles. The van der Waals surface area contributed by atoms with Gasteiger partial charge in [0, 0.05) is 78.5 Å². The van der Waals surface area contributed by atoms with Crippen LogP contribution in [0, 0.1) is 14.9 Å². The molecular formula is C62H104N10O4Y2-2. The number of hydrazone groups is 2. The molecule has 2 heterocycles. The fourth-order valence-corrected chi connectivity index (χ4v) is 6.89. The third-order valence-corrected chi connectivity index (χ3v) is 10.5. The smallest absolute Gasteiger partial charge is 0.358 e. The van der Waals surface area contributed by atoms with Crippen molar-refractivity contribution in [3.05, 3.63) is 158 Å². The van der Waals surface area contributed by atoms with Crippen molar-refractivity contribution >= 4 is 35.6 Å². The number of hydrogen-bond donors (Lipinski definition) is 2. The van der Waals surface area contributed by atoms with E-state index in [9.17, 15) is 0 Å². The van der Waals surface area contributed by atoms with Gasteiger partial charge in [-0.1, -0.05) is 218 Å². The van der Waals surface area contributed by atoms with Gasteiger partial charge in [-0.05, 0) is 77.1 Å². The predicted molar refractivity (Wildman–Crippen MR) is 326 cm³/mol. The molecule has 0 saturated carbocycles. The molecule has 434 valence electrons. The summed E-state index contributed by atoms with van der Waals surface area (Å²) in [6.07, 6.45) is 0.500. The summed E-state index contributed by atoms with van der Waals surface area (Å²) in [5.41, 5.74) is 6.56. The van der Waals surface area contributed by atoms with Crippen LogP contribution in [0.5, 0.6) is 0 Å². The van der Waals surface area contributed by atoms with Crippen LogP contribution in [0.1, 0.15) is 147 Å². The monoisotopic (exact) mass is 1230 g/mol. The minimum Gasteiger partial charge on any atom is -0.358 e. The van der Waals surface area contributed by atoms with Crippen LogP contribution in [0.4, 0.5) is 0 Å². The Morgan fingerprint density at radius 3 is 0.936 bits per heavy atom. The molecule has 16 heteroatoms. The van der Waals surface area contributed by atoms with Crippen LogP contribution in [-0.2, 0) is 95.4 Å². The quantitative estimate of drug-likeness (QED) is 0.0796. The molecule has 0 aromatic heterocycles. The number of rotatable bonds is 12. The van der Waals surface area contributed by atoms with E-state index in [1.807, 2.05) is 105 Å². The van der Waals surface area contributed by atoms with E-state index in [0.29, 0.717) is 13.3 Å². The Labute approximate surface area is 527 Å². The largest absolute Gasteiger partial charge is 0.373 e. The third-order valence-electron chi connectivity index (χ3n) is 10.5. The summed E-state index contributed by atoms with van der Waals surface area (Å²) in [7, 11) is 4.15. The summed E-state index contributed by atoms with van der Waals surface area (Å²) in [4.78, 5) is 46.5. The molecule has 14 nitrogen and oxygen atoms in total. The summed E-state index contributed by atoms with van der Waals surface area (Å²) < 4.78 is 0. The van der Waals surface area contributed by atoms with Crippen molar-refractivity contribution in [3.63, 3.8) is 0 Å². The van der Waals surface area contributed by atoms with E-state index in [-0.39, 0.29) is 103 Å². The summed E-state index contributed by atoms with van der Waals surface area (Å²) >= 11 is 0. The molecule has 4 aromatic rings. The molecule has 2 aliphatic heterocycles. The fraction of sp³-hybridized carbons (Fsp3) is 0.484. The van der Waals surface area contributed by atoms with Gasteiger partial charge in [-0.2, -0.15) is 29.4 Å². The number of nitrogens with one attached hydrogen (secondary N) is 2. The van der Waals surface area contributed by atoms with Crippen LogP contribution in [0.3, 0.4) is 0 Å². The molecule has 6 rings (SSSR count). The second kappa shape index (κ2) is 58.8. The molecule has 2 aliphatic rings. The van der Waals surface area contributed by atoms with Crippen molar-refractivity contribution in [2.75, 3.05) is 66.7 Å². The average molecular weight is 1230 g/mol. The second-order valence-corrected chi connectivity index (χ2v) is 15.0. The standard InChI is InChI=1S/2C23H31N5.6C2H6.2CO2.2CH3.2Y/c2*1-5-24-22(25-18-27(4)6-2)28-17-23(3,20-15-11-8-12-16-20)21(26-28)19-13-9-7-10-14-19;6*1-2;2*2-1-3;;;;/h2*7-16H,5-6,17-18H2,1-4H3,(H,24,25);6*1-2H3;;;2*1H3;;/q;;;;;;;;;;2*-1;;/t2*23-;;;;;;;;;;;;/m10............/s1. The summed E-state index contributed by atoms with van der Waals surface area (Å²) in [5, 5.41) is 21.0. The van der Waals surface area contributed by atoms with Crippen LogP contribution >= 0.6 is 0 Å². The van der Waals surface area contributed by atoms with Gasteiger partial charge in [0.2, 0.25) is 11.9 Å². The average Bonchev–Trinajstić information content (AvgIpc) is 4.03. The molecular weight excluding hydrogens is 1130 g/mol. The maximum atomic E-state index is 8.12. The van der Waals surface area contributed by atoms with Crippen molar-refractivity contribution in [1.82, 2.24) is 30.5 Å².